The average Bonchev–Trinajstić information content (AvgIpc) is 2.74. The zero-order valence-corrected chi connectivity index (χ0v) is 21.1. The summed E-state index contributed by atoms with van der Waals surface area (Å²) in [5.41, 5.74) is 1.68. The molecule has 0 spiro atoms. The highest BCUT2D eigenvalue weighted by Crippen LogP contribution is 2.44. The standard InChI is InChI=1S/C27H44FNO3/c1-19(2)14-21-18-29-12-10-20-15-25(30-5)26(31-6)16-22(20)23(29)17-24(21)32-13-9-7-8-11-27(3,4)28/h15-16,19,21,23-24H,7-14,17-18H2,1-6H3/t21-,23-,24-/m0/s1/i28-1. The first-order valence-electron chi connectivity index (χ1n) is 12.5. The van der Waals surface area contributed by atoms with Gasteiger partial charge in [-0.3, -0.25) is 4.90 Å². The maximum atomic E-state index is 13.7. The molecule has 32 heavy (non-hydrogen) atoms. The van der Waals surface area contributed by atoms with Gasteiger partial charge in [0.2, 0.25) is 0 Å². The molecule has 0 N–H and O–H groups in total. The zero-order valence-electron chi connectivity index (χ0n) is 21.1. The first-order valence-corrected chi connectivity index (χ1v) is 12.5. The van der Waals surface area contributed by atoms with E-state index in [1.54, 1.807) is 28.1 Å². The molecule has 0 aliphatic carbocycles. The second kappa shape index (κ2) is 11.2. The minimum absolute atomic E-state index is 0.273. The van der Waals surface area contributed by atoms with Crippen LogP contribution in [0.1, 0.15) is 83.4 Å². The predicted molar refractivity (Wildman–Crippen MR) is 129 cm³/mol. The highest BCUT2D eigenvalue weighted by molar-refractivity contribution is 5.49. The van der Waals surface area contributed by atoms with Crippen molar-refractivity contribution in [2.45, 2.75) is 90.5 Å². The van der Waals surface area contributed by atoms with Crippen molar-refractivity contribution in [3.63, 3.8) is 0 Å². The van der Waals surface area contributed by atoms with Crippen molar-refractivity contribution in [1.29, 1.82) is 0 Å². The zero-order chi connectivity index (χ0) is 23.3. The summed E-state index contributed by atoms with van der Waals surface area (Å²) in [6, 6.07) is 4.72. The van der Waals surface area contributed by atoms with Gasteiger partial charge in [-0.1, -0.05) is 26.7 Å². The molecule has 0 amide bonds. The first kappa shape index (κ1) is 25.3. The monoisotopic (exact) mass is 448 g/mol. The first-order chi connectivity index (χ1) is 15.2. The Morgan fingerprint density at radius 2 is 1.81 bits per heavy atom. The Bertz CT molecular complexity index is 730. The fourth-order valence-electron chi connectivity index (χ4n) is 5.50. The van der Waals surface area contributed by atoms with Crippen molar-refractivity contribution >= 4 is 0 Å². The Labute approximate surface area is 194 Å². The van der Waals surface area contributed by atoms with Crippen molar-refractivity contribution in [3.8, 4) is 11.5 Å². The van der Waals surface area contributed by atoms with Crippen LogP contribution in [0.4, 0.5) is 4.39 Å². The van der Waals surface area contributed by atoms with Gasteiger partial charge in [0.05, 0.1) is 20.3 Å². The number of fused-ring (bicyclic) bond motifs is 3. The van der Waals surface area contributed by atoms with Crippen LogP contribution in [0, 0.1) is 11.8 Å². The summed E-state index contributed by atoms with van der Waals surface area (Å²) < 4.78 is 31.4. The molecule has 3 atom stereocenters. The number of nitrogens with zero attached hydrogens (tertiary/aromatic N) is 1. The molecule has 0 bridgehead atoms. The second-order valence-corrected chi connectivity index (χ2v) is 10.7. The number of ether oxygens (including phenoxy) is 3. The molecule has 1 saturated heterocycles. The molecule has 0 saturated carbocycles. The van der Waals surface area contributed by atoms with Gasteiger partial charge in [0.25, 0.3) is 0 Å². The Morgan fingerprint density at radius 1 is 1.09 bits per heavy atom. The van der Waals surface area contributed by atoms with Crippen molar-refractivity contribution in [1.82, 2.24) is 4.90 Å². The third-order valence-corrected chi connectivity index (χ3v) is 7.09. The van der Waals surface area contributed by atoms with Gasteiger partial charge in [-0.05, 0) is 81.0 Å². The van der Waals surface area contributed by atoms with E-state index in [1.807, 2.05) is 0 Å². The summed E-state index contributed by atoms with van der Waals surface area (Å²) in [7, 11) is 3.41. The molecule has 2 heterocycles. The third-order valence-electron chi connectivity index (χ3n) is 7.09. The fraction of sp³-hybridized carbons (Fsp3) is 0.778. The topological polar surface area (TPSA) is 30.9 Å². The summed E-state index contributed by atoms with van der Waals surface area (Å²) in [6.45, 7) is 10.9. The van der Waals surface area contributed by atoms with Gasteiger partial charge in [-0.2, -0.15) is 0 Å². The molecule has 0 radical (unpaired) electrons. The largest absolute Gasteiger partial charge is 0.493 e. The molecule has 5 heteroatoms. The van der Waals surface area contributed by atoms with E-state index in [-0.39, 0.29) is 6.10 Å². The van der Waals surface area contributed by atoms with Gasteiger partial charge in [0.15, 0.2) is 11.5 Å². The molecule has 4 nitrogen and oxygen atoms in total. The lowest BCUT2D eigenvalue weighted by Gasteiger charge is -2.47. The number of alkyl halides is 1. The van der Waals surface area contributed by atoms with Crippen LogP contribution in [0.2, 0.25) is 0 Å². The van der Waals surface area contributed by atoms with Gasteiger partial charge in [-0.25, -0.2) is 4.39 Å². The molecule has 2 aliphatic heterocycles. The second-order valence-electron chi connectivity index (χ2n) is 10.7. The number of benzene rings is 1. The molecular formula is C27H44FNO3. The van der Waals surface area contributed by atoms with Crippen LogP contribution in [0.3, 0.4) is 0 Å². The van der Waals surface area contributed by atoms with E-state index >= 15 is 0 Å². The van der Waals surface area contributed by atoms with Gasteiger partial charge in [0, 0.05) is 25.7 Å². The molecule has 3 rings (SSSR count). The van der Waals surface area contributed by atoms with E-state index in [2.05, 4.69) is 30.9 Å². The lowest BCUT2D eigenvalue weighted by molar-refractivity contribution is -0.0648. The third kappa shape index (κ3) is 6.60. The summed E-state index contributed by atoms with van der Waals surface area (Å²) in [4.78, 5) is 2.66. The SMILES string of the molecule is COc1cc2c(cc1OC)[C@@H]1C[C@H](OCCCCCC(C)(C)[18F])[C@@H](CC(C)C)CN1CC2. The van der Waals surface area contributed by atoms with E-state index in [9.17, 15) is 4.39 Å². The molecule has 0 unspecified atom stereocenters. The summed E-state index contributed by atoms with van der Waals surface area (Å²) in [5, 5.41) is 0. The number of hydrogen-bond donors (Lipinski definition) is 0. The molecule has 0 aromatic heterocycles. The fourth-order valence-corrected chi connectivity index (χ4v) is 5.50. The van der Waals surface area contributed by atoms with E-state index in [1.165, 1.54) is 17.5 Å². The van der Waals surface area contributed by atoms with Crippen LogP contribution in [0.5, 0.6) is 11.5 Å². The maximum Gasteiger partial charge on any atom is 0.161 e. The number of unbranched alkanes of at least 4 members (excludes halogenated alkanes) is 2. The number of rotatable bonds is 11. The quantitative estimate of drug-likeness (QED) is 0.368. The van der Waals surface area contributed by atoms with E-state index in [4.69, 9.17) is 14.2 Å². The van der Waals surface area contributed by atoms with E-state index < -0.39 is 5.67 Å². The Kier molecular flexibility index (Phi) is 8.85. The minimum atomic E-state index is -1.06. The smallest absolute Gasteiger partial charge is 0.161 e. The number of piperidine rings is 1. The van der Waals surface area contributed by atoms with Crippen LogP contribution in [0.25, 0.3) is 0 Å². The van der Waals surface area contributed by atoms with Gasteiger partial charge in [0.1, 0.15) is 5.67 Å². The van der Waals surface area contributed by atoms with Crippen LogP contribution in [-0.4, -0.2) is 50.6 Å². The van der Waals surface area contributed by atoms with Crippen LogP contribution in [0.15, 0.2) is 12.1 Å². The predicted octanol–water partition coefficient (Wildman–Crippen LogP) is 6.36. The highest BCUT2D eigenvalue weighted by Gasteiger charge is 2.40. The Morgan fingerprint density at radius 3 is 2.47 bits per heavy atom. The maximum absolute atomic E-state index is 13.7. The lowest BCUT2D eigenvalue weighted by Crippen LogP contribution is -2.49. The minimum Gasteiger partial charge on any atom is -0.493 e. The van der Waals surface area contributed by atoms with Gasteiger partial charge >= 0.3 is 0 Å². The average molecular weight is 449 g/mol. The summed E-state index contributed by atoms with van der Waals surface area (Å²) in [5.74, 6) is 2.86. The molecule has 182 valence electrons. The molecule has 1 fully saturated rings. The highest BCUT2D eigenvalue weighted by atomic mass is 18.2. The van der Waals surface area contributed by atoms with Crippen molar-refractivity contribution < 1.29 is 18.6 Å². The Balaban J connectivity index is 1.67. The summed E-state index contributed by atoms with van der Waals surface area (Å²) >= 11 is 0. The molecule has 1 aromatic rings. The van der Waals surface area contributed by atoms with Gasteiger partial charge in [-0.15, -0.1) is 0 Å². The normalized spacial score (nSPS) is 23.7. The number of halogens is 1. The molecule has 1 aromatic carbocycles. The lowest BCUT2D eigenvalue weighted by atomic mass is 9.79. The van der Waals surface area contributed by atoms with E-state index in [0.29, 0.717) is 24.3 Å². The van der Waals surface area contributed by atoms with Crippen LogP contribution in [-0.2, 0) is 11.2 Å². The van der Waals surface area contributed by atoms with Crippen LogP contribution >= 0.6 is 0 Å². The number of hydrogen-bond acceptors (Lipinski definition) is 4. The molecule has 2 aliphatic rings. The molecular weight excluding hydrogens is 404 g/mol. The van der Waals surface area contributed by atoms with Crippen molar-refractivity contribution in [3.05, 3.63) is 23.3 Å². The van der Waals surface area contributed by atoms with Crippen LogP contribution < -0.4 is 9.47 Å². The van der Waals surface area contributed by atoms with E-state index in [0.717, 1.165) is 63.3 Å². The number of methoxy groups -OCH3 is 2. The van der Waals surface area contributed by atoms with Crippen molar-refractivity contribution in [2.75, 3.05) is 33.9 Å². The summed E-state index contributed by atoms with van der Waals surface area (Å²) in [6.07, 6.45) is 7.15. The van der Waals surface area contributed by atoms with Crippen molar-refractivity contribution in [2.24, 2.45) is 11.8 Å². The van der Waals surface area contributed by atoms with Gasteiger partial charge < -0.3 is 14.2 Å². The Hall–Kier alpha value is -1.33.